The fraction of sp³-hybridized carbons (Fsp3) is 0.154. The van der Waals surface area contributed by atoms with Crippen LogP contribution in [0.5, 0.6) is 0 Å². The molecule has 0 aliphatic carbocycles. The number of hydrogen-bond acceptors (Lipinski definition) is 2. The van der Waals surface area contributed by atoms with Crippen LogP contribution in [0.15, 0.2) is 48.8 Å². The van der Waals surface area contributed by atoms with Crippen molar-refractivity contribution in [3.8, 4) is 0 Å². The average Bonchev–Trinajstić information content (AvgIpc) is 2.25. The van der Waals surface area contributed by atoms with Gasteiger partial charge >= 0.3 is 0 Å². The van der Waals surface area contributed by atoms with Crippen LogP contribution in [0.3, 0.4) is 0 Å². The van der Waals surface area contributed by atoms with Crippen molar-refractivity contribution in [2.45, 2.75) is 13.8 Å². The molecule has 2 rings (SSSR count). The molecule has 0 spiro atoms. The van der Waals surface area contributed by atoms with Crippen molar-refractivity contribution in [2.75, 3.05) is 5.73 Å². The van der Waals surface area contributed by atoms with E-state index < -0.39 is 0 Å². The Morgan fingerprint density at radius 3 is 1.60 bits per heavy atom. The van der Waals surface area contributed by atoms with E-state index in [0.29, 0.717) is 0 Å². The van der Waals surface area contributed by atoms with Crippen LogP contribution in [0.25, 0.3) is 0 Å². The first-order valence-corrected chi connectivity index (χ1v) is 4.87. The van der Waals surface area contributed by atoms with Crippen molar-refractivity contribution in [1.82, 2.24) is 4.98 Å². The Balaban J connectivity index is 0.000000151. The lowest BCUT2D eigenvalue weighted by Gasteiger charge is -1.90. The van der Waals surface area contributed by atoms with Crippen LogP contribution in [0.2, 0.25) is 0 Å². The fourth-order valence-electron chi connectivity index (χ4n) is 0.993. The van der Waals surface area contributed by atoms with Gasteiger partial charge in [0.15, 0.2) is 0 Å². The zero-order valence-electron chi connectivity index (χ0n) is 9.14. The molecule has 2 N–H and O–H groups in total. The van der Waals surface area contributed by atoms with E-state index in [2.05, 4.69) is 4.98 Å². The van der Waals surface area contributed by atoms with E-state index in [1.54, 1.807) is 12.4 Å². The summed E-state index contributed by atoms with van der Waals surface area (Å²) in [7, 11) is 0. The first-order chi connectivity index (χ1) is 7.18. The lowest BCUT2D eigenvalue weighted by atomic mass is 10.2. The molecule has 0 saturated heterocycles. The van der Waals surface area contributed by atoms with Crippen LogP contribution in [-0.4, -0.2) is 4.98 Å². The Morgan fingerprint density at radius 2 is 1.27 bits per heavy atom. The van der Waals surface area contributed by atoms with Gasteiger partial charge in [0.05, 0.1) is 0 Å². The molecule has 0 aliphatic rings. The van der Waals surface area contributed by atoms with Gasteiger partial charge in [-0.2, -0.15) is 0 Å². The van der Waals surface area contributed by atoms with Gasteiger partial charge in [0.2, 0.25) is 0 Å². The summed E-state index contributed by atoms with van der Waals surface area (Å²) >= 11 is 0. The third-order valence-corrected chi connectivity index (χ3v) is 1.92. The van der Waals surface area contributed by atoms with Crippen molar-refractivity contribution in [3.05, 3.63) is 59.9 Å². The molecule has 0 amide bonds. The van der Waals surface area contributed by atoms with Gasteiger partial charge in [0, 0.05) is 18.1 Å². The van der Waals surface area contributed by atoms with Crippen LogP contribution in [-0.2, 0) is 0 Å². The van der Waals surface area contributed by atoms with Gasteiger partial charge in [-0.05, 0) is 43.7 Å². The molecule has 0 radical (unpaired) electrons. The topological polar surface area (TPSA) is 38.9 Å². The molecule has 0 fully saturated rings. The van der Waals surface area contributed by atoms with Crippen molar-refractivity contribution in [2.24, 2.45) is 0 Å². The molecule has 78 valence electrons. The highest BCUT2D eigenvalue weighted by atomic mass is 14.6. The number of aryl methyl sites for hydroxylation is 2. The molecule has 2 aromatic rings. The zero-order valence-corrected chi connectivity index (χ0v) is 9.14. The largest absolute Gasteiger partial charge is 0.399 e. The third kappa shape index (κ3) is 4.81. The maximum atomic E-state index is 5.43. The molecule has 0 saturated carbocycles. The summed E-state index contributed by atoms with van der Waals surface area (Å²) in [6, 6.07) is 11.7. The predicted octanol–water partition coefficient (Wildman–Crippen LogP) is 2.97. The lowest BCUT2D eigenvalue weighted by molar-refractivity contribution is 1.29. The summed E-state index contributed by atoms with van der Waals surface area (Å²) in [5.41, 5.74) is 8.76. The number of anilines is 1. The Labute approximate surface area is 90.8 Å². The molecule has 0 atom stereocenters. The second-order valence-corrected chi connectivity index (χ2v) is 3.44. The molecule has 0 aliphatic heterocycles. The van der Waals surface area contributed by atoms with Crippen LogP contribution in [0.1, 0.15) is 11.1 Å². The Kier molecular flexibility index (Phi) is 4.35. The van der Waals surface area contributed by atoms with E-state index in [-0.39, 0.29) is 0 Å². The van der Waals surface area contributed by atoms with E-state index in [4.69, 9.17) is 5.73 Å². The van der Waals surface area contributed by atoms with Gasteiger partial charge in [-0.3, -0.25) is 4.98 Å². The molecule has 1 aromatic heterocycles. The molecule has 1 heterocycles. The fourth-order valence-corrected chi connectivity index (χ4v) is 0.993. The SMILES string of the molecule is Cc1ccc(N)cc1.Cc1ccncc1. The molecule has 15 heavy (non-hydrogen) atoms. The number of nitrogens with two attached hydrogens (primary N) is 1. The number of nitrogens with zero attached hydrogens (tertiary/aromatic N) is 1. The quantitative estimate of drug-likeness (QED) is 0.664. The third-order valence-electron chi connectivity index (χ3n) is 1.92. The first kappa shape index (κ1) is 11.2. The molecule has 2 nitrogen and oxygen atoms in total. The maximum Gasteiger partial charge on any atom is 0.0314 e. The Hall–Kier alpha value is -1.83. The number of benzene rings is 1. The molecule has 1 aromatic carbocycles. The minimum Gasteiger partial charge on any atom is -0.399 e. The highest BCUT2D eigenvalue weighted by Crippen LogP contribution is 2.02. The summed E-state index contributed by atoms with van der Waals surface area (Å²) in [6.45, 7) is 4.08. The van der Waals surface area contributed by atoms with Crippen molar-refractivity contribution >= 4 is 5.69 Å². The average molecular weight is 200 g/mol. The molecular weight excluding hydrogens is 184 g/mol. The second-order valence-electron chi connectivity index (χ2n) is 3.44. The Bertz CT molecular complexity index is 358. The van der Waals surface area contributed by atoms with E-state index in [9.17, 15) is 0 Å². The van der Waals surface area contributed by atoms with E-state index in [0.717, 1.165) is 5.69 Å². The standard InChI is InChI=1S/C7H9N.C6H7N/c1-6-2-4-7(8)5-3-6;1-6-2-4-7-5-3-6/h2-5H,8H2,1H3;2-5H,1H3. The van der Waals surface area contributed by atoms with Crippen molar-refractivity contribution in [1.29, 1.82) is 0 Å². The summed E-state index contributed by atoms with van der Waals surface area (Å²) in [6.07, 6.45) is 3.57. The van der Waals surface area contributed by atoms with Gasteiger partial charge in [0.25, 0.3) is 0 Å². The molecule has 0 unspecified atom stereocenters. The predicted molar refractivity (Wildman–Crippen MR) is 64.6 cm³/mol. The van der Waals surface area contributed by atoms with Gasteiger partial charge in [-0.1, -0.05) is 17.7 Å². The molecular formula is C13H16N2. The maximum absolute atomic E-state index is 5.43. The van der Waals surface area contributed by atoms with Gasteiger partial charge in [-0.15, -0.1) is 0 Å². The van der Waals surface area contributed by atoms with Crippen LogP contribution in [0.4, 0.5) is 5.69 Å². The number of hydrogen-bond donors (Lipinski definition) is 1. The smallest absolute Gasteiger partial charge is 0.0314 e. The minimum atomic E-state index is 0.829. The number of nitrogen functional groups attached to an aromatic ring is 1. The van der Waals surface area contributed by atoms with Gasteiger partial charge in [0.1, 0.15) is 0 Å². The summed E-state index contributed by atoms with van der Waals surface area (Å²) < 4.78 is 0. The van der Waals surface area contributed by atoms with Crippen LogP contribution >= 0.6 is 0 Å². The van der Waals surface area contributed by atoms with Crippen molar-refractivity contribution < 1.29 is 0 Å². The normalized spacial score (nSPS) is 8.93. The summed E-state index contributed by atoms with van der Waals surface area (Å²) in [5.74, 6) is 0. The van der Waals surface area contributed by atoms with E-state index >= 15 is 0 Å². The zero-order chi connectivity index (χ0) is 11.1. The molecule has 0 bridgehead atoms. The number of pyridine rings is 1. The van der Waals surface area contributed by atoms with Crippen molar-refractivity contribution in [3.63, 3.8) is 0 Å². The highest BCUT2D eigenvalue weighted by molar-refractivity contribution is 5.38. The first-order valence-electron chi connectivity index (χ1n) is 4.87. The monoisotopic (exact) mass is 200 g/mol. The minimum absolute atomic E-state index is 0.829. The molecule has 2 heteroatoms. The second kappa shape index (κ2) is 5.81. The number of rotatable bonds is 0. The van der Waals surface area contributed by atoms with E-state index in [1.807, 2.05) is 50.2 Å². The highest BCUT2D eigenvalue weighted by Gasteiger charge is 1.80. The van der Waals surface area contributed by atoms with E-state index in [1.165, 1.54) is 11.1 Å². The number of aromatic nitrogens is 1. The van der Waals surface area contributed by atoms with Crippen LogP contribution < -0.4 is 5.73 Å². The van der Waals surface area contributed by atoms with Gasteiger partial charge < -0.3 is 5.73 Å². The van der Waals surface area contributed by atoms with Gasteiger partial charge in [-0.25, -0.2) is 0 Å². The summed E-state index contributed by atoms with van der Waals surface area (Å²) in [4.78, 5) is 3.85. The lowest BCUT2D eigenvalue weighted by Crippen LogP contribution is -1.81. The summed E-state index contributed by atoms with van der Waals surface area (Å²) in [5, 5.41) is 0. The Morgan fingerprint density at radius 1 is 0.800 bits per heavy atom. The van der Waals surface area contributed by atoms with Crippen LogP contribution in [0, 0.1) is 13.8 Å².